The fourth-order valence-electron chi connectivity index (χ4n) is 3.43. The van der Waals surface area contributed by atoms with E-state index in [4.69, 9.17) is 0 Å². The number of carbonyl (C=O) groups is 2. The zero-order chi connectivity index (χ0) is 17.2. The molecule has 132 valence electrons. The number of amides is 2. The molecular formula is C15H23F3N2O3. The van der Waals surface area contributed by atoms with E-state index in [1.807, 2.05) is 0 Å². The van der Waals surface area contributed by atoms with Crippen LogP contribution in [0, 0.1) is 5.92 Å². The number of piperidine rings is 1. The maximum atomic E-state index is 13.0. The maximum absolute atomic E-state index is 13.0. The van der Waals surface area contributed by atoms with Crippen molar-refractivity contribution in [1.29, 1.82) is 0 Å². The summed E-state index contributed by atoms with van der Waals surface area (Å²) >= 11 is 0. The Morgan fingerprint density at radius 1 is 1.09 bits per heavy atom. The summed E-state index contributed by atoms with van der Waals surface area (Å²) in [6.45, 7) is 1.01. The van der Waals surface area contributed by atoms with E-state index < -0.39 is 24.2 Å². The Kier molecular flexibility index (Phi) is 5.54. The maximum Gasteiger partial charge on any atom is 0.408 e. The fraction of sp³-hybridized carbons (Fsp3) is 0.867. The lowest BCUT2D eigenvalue weighted by Crippen LogP contribution is -2.58. The largest absolute Gasteiger partial charge is 0.408 e. The predicted molar refractivity (Wildman–Crippen MR) is 76.4 cm³/mol. The Hall–Kier alpha value is -1.31. The minimum Gasteiger partial charge on any atom is -0.393 e. The molecule has 1 aliphatic carbocycles. The number of nitrogens with one attached hydrogen (secondary N) is 1. The van der Waals surface area contributed by atoms with Crippen molar-refractivity contribution in [3.05, 3.63) is 0 Å². The highest BCUT2D eigenvalue weighted by atomic mass is 19.4. The summed E-state index contributed by atoms with van der Waals surface area (Å²) in [4.78, 5) is 24.5. The zero-order valence-corrected chi connectivity index (χ0v) is 13.1. The average molecular weight is 336 g/mol. The van der Waals surface area contributed by atoms with Crippen molar-refractivity contribution in [2.75, 3.05) is 6.54 Å². The number of nitrogens with zero attached hydrogens (tertiary/aromatic N) is 1. The summed E-state index contributed by atoms with van der Waals surface area (Å²) in [6, 6.07) is -2.21. The molecule has 1 saturated carbocycles. The molecule has 0 aromatic heterocycles. The van der Waals surface area contributed by atoms with E-state index >= 15 is 0 Å². The molecule has 0 spiro atoms. The smallest absolute Gasteiger partial charge is 0.393 e. The van der Waals surface area contributed by atoms with Gasteiger partial charge in [-0.3, -0.25) is 9.59 Å². The van der Waals surface area contributed by atoms with Gasteiger partial charge in [0.25, 0.3) is 0 Å². The van der Waals surface area contributed by atoms with Gasteiger partial charge in [0.1, 0.15) is 6.04 Å². The van der Waals surface area contributed by atoms with E-state index in [0.717, 1.165) is 11.8 Å². The number of rotatable bonds is 2. The second-order valence-corrected chi connectivity index (χ2v) is 6.52. The first-order valence-electron chi connectivity index (χ1n) is 8.01. The Morgan fingerprint density at radius 2 is 1.70 bits per heavy atom. The normalized spacial score (nSPS) is 32.5. The van der Waals surface area contributed by atoms with Crippen molar-refractivity contribution >= 4 is 11.8 Å². The number of carbonyl (C=O) groups excluding carboxylic acids is 2. The summed E-state index contributed by atoms with van der Waals surface area (Å²) in [7, 11) is 0. The van der Waals surface area contributed by atoms with Crippen LogP contribution >= 0.6 is 0 Å². The van der Waals surface area contributed by atoms with Gasteiger partial charge in [-0.2, -0.15) is 13.2 Å². The van der Waals surface area contributed by atoms with Crippen molar-refractivity contribution in [1.82, 2.24) is 10.2 Å². The summed E-state index contributed by atoms with van der Waals surface area (Å²) in [5.74, 6) is -1.02. The van der Waals surface area contributed by atoms with Gasteiger partial charge in [0.2, 0.25) is 11.8 Å². The molecule has 0 radical (unpaired) electrons. The van der Waals surface area contributed by atoms with Crippen molar-refractivity contribution in [3.63, 3.8) is 0 Å². The Bertz CT molecular complexity index is 448. The number of aliphatic hydroxyl groups is 1. The van der Waals surface area contributed by atoms with Gasteiger partial charge in [-0.15, -0.1) is 0 Å². The Labute approximate surface area is 133 Å². The van der Waals surface area contributed by atoms with E-state index in [9.17, 15) is 27.9 Å². The quantitative estimate of drug-likeness (QED) is 0.805. The highest BCUT2D eigenvalue weighted by Gasteiger charge is 2.47. The van der Waals surface area contributed by atoms with E-state index in [0.29, 0.717) is 25.7 Å². The molecule has 1 aliphatic heterocycles. The lowest BCUT2D eigenvalue weighted by molar-refractivity contribution is -0.196. The molecule has 2 rings (SSSR count). The molecule has 2 fully saturated rings. The van der Waals surface area contributed by atoms with Crippen LogP contribution in [-0.4, -0.2) is 52.7 Å². The number of hydrogen-bond acceptors (Lipinski definition) is 3. The predicted octanol–water partition coefficient (Wildman–Crippen LogP) is 1.60. The van der Waals surface area contributed by atoms with Crippen molar-refractivity contribution in [2.24, 2.45) is 5.92 Å². The Morgan fingerprint density at radius 3 is 2.22 bits per heavy atom. The summed E-state index contributed by atoms with van der Waals surface area (Å²) < 4.78 is 38.9. The molecule has 0 aromatic carbocycles. The molecular weight excluding hydrogens is 313 g/mol. The van der Waals surface area contributed by atoms with Gasteiger partial charge in [-0.1, -0.05) is 0 Å². The molecule has 2 aliphatic rings. The fourth-order valence-corrected chi connectivity index (χ4v) is 3.43. The molecule has 1 heterocycles. The van der Waals surface area contributed by atoms with Gasteiger partial charge in [0.15, 0.2) is 0 Å². The zero-order valence-electron chi connectivity index (χ0n) is 13.1. The molecule has 0 bridgehead atoms. The SMILES string of the molecule is CC(=O)N1CC(NC(=O)C2CCC(O)CC2)CCC1C(F)(F)F. The first-order valence-corrected chi connectivity index (χ1v) is 8.01. The summed E-state index contributed by atoms with van der Waals surface area (Å²) in [5.41, 5.74) is 0. The lowest BCUT2D eigenvalue weighted by atomic mass is 9.86. The van der Waals surface area contributed by atoms with E-state index in [-0.39, 0.29) is 37.3 Å². The third kappa shape index (κ3) is 4.59. The topological polar surface area (TPSA) is 69.6 Å². The van der Waals surface area contributed by atoms with E-state index in [2.05, 4.69) is 5.32 Å². The van der Waals surface area contributed by atoms with Crippen LogP contribution in [0.2, 0.25) is 0 Å². The number of alkyl halides is 3. The van der Waals surface area contributed by atoms with Crippen LogP contribution in [0.3, 0.4) is 0 Å². The number of hydrogen-bond donors (Lipinski definition) is 2. The number of likely N-dealkylation sites (tertiary alicyclic amines) is 1. The van der Waals surface area contributed by atoms with Crippen LogP contribution in [0.4, 0.5) is 13.2 Å². The van der Waals surface area contributed by atoms with Gasteiger partial charge in [-0.05, 0) is 38.5 Å². The van der Waals surface area contributed by atoms with Gasteiger partial charge < -0.3 is 15.3 Å². The standard InChI is InChI=1S/C15H23F3N2O3/c1-9(21)20-8-11(4-7-13(20)15(16,17)18)19-14(23)10-2-5-12(22)6-3-10/h10-13,22H,2-8H2,1H3,(H,19,23). The first-order chi connectivity index (χ1) is 10.7. The van der Waals surface area contributed by atoms with Gasteiger partial charge in [0, 0.05) is 25.4 Å². The van der Waals surface area contributed by atoms with Gasteiger partial charge >= 0.3 is 6.18 Å². The minimum absolute atomic E-state index is 0.111. The summed E-state index contributed by atoms with van der Waals surface area (Å²) in [6.07, 6.45) is -2.50. The van der Waals surface area contributed by atoms with Gasteiger partial charge in [0.05, 0.1) is 6.10 Å². The van der Waals surface area contributed by atoms with Crippen molar-refractivity contribution in [3.8, 4) is 0 Å². The van der Waals surface area contributed by atoms with E-state index in [1.54, 1.807) is 0 Å². The van der Waals surface area contributed by atoms with Crippen LogP contribution < -0.4 is 5.32 Å². The van der Waals surface area contributed by atoms with Crippen LogP contribution in [0.25, 0.3) is 0 Å². The number of aliphatic hydroxyl groups excluding tert-OH is 1. The molecule has 5 nitrogen and oxygen atoms in total. The third-order valence-corrected chi connectivity index (χ3v) is 4.78. The molecule has 23 heavy (non-hydrogen) atoms. The minimum atomic E-state index is -4.44. The lowest BCUT2D eigenvalue weighted by Gasteiger charge is -2.40. The van der Waals surface area contributed by atoms with Crippen LogP contribution in [0.5, 0.6) is 0 Å². The van der Waals surface area contributed by atoms with Crippen LogP contribution in [0.1, 0.15) is 45.4 Å². The average Bonchev–Trinajstić information content (AvgIpc) is 2.46. The summed E-state index contributed by atoms with van der Waals surface area (Å²) in [5, 5.41) is 12.2. The highest BCUT2D eigenvalue weighted by molar-refractivity contribution is 5.79. The van der Waals surface area contributed by atoms with Crippen molar-refractivity contribution < 1.29 is 27.9 Å². The number of halogens is 3. The second kappa shape index (κ2) is 7.07. The third-order valence-electron chi connectivity index (χ3n) is 4.78. The van der Waals surface area contributed by atoms with Crippen LogP contribution in [-0.2, 0) is 9.59 Å². The van der Waals surface area contributed by atoms with E-state index in [1.165, 1.54) is 0 Å². The molecule has 2 N–H and O–H groups in total. The monoisotopic (exact) mass is 336 g/mol. The van der Waals surface area contributed by atoms with Gasteiger partial charge in [-0.25, -0.2) is 0 Å². The molecule has 8 heteroatoms. The first kappa shape index (κ1) is 18.0. The molecule has 2 amide bonds. The molecule has 0 aromatic rings. The van der Waals surface area contributed by atoms with Crippen LogP contribution in [0.15, 0.2) is 0 Å². The Balaban J connectivity index is 1.92. The molecule has 1 saturated heterocycles. The second-order valence-electron chi connectivity index (χ2n) is 6.52. The van der Waals surface area contributed by atoms with Crippen molar-refractivity contribution in [2.45, 2.75) is 69.8 Å². The molecule has 2 unspecified atom stereocenters. The molecule has 2 atom stereocenters. The highest BCUT2D eigenvalue weighted by Crippen LogP contribution is 2.32.